The molecular weight excluding hydrogens is 548 g/mol. The van der Waals surface area contributed by atoms with Crippen LogP contribution in [0.5, 0.6) is 0 Å². The Morgan fingerprint density at radius 1 is 1.17 bits per heavy atom. The largest absolute Gasteiger partial charge is 0.481 e. The molecular formula is C29H40N4O7S. The highest BCUT2D eigenvalue weighted by atomic mass is 32.1. The lowest BCUT2D eigenvalue weighted by Gasteiger charge is -2.36. The number of aromatic nitrogens is 1. The van der Waals surface area contributed by atoms with E-state index in [-0.39, 0.29) is 56.7 Å². The van der Waals surface area contributed by atoms with E-state index >= 15 is 0 Å². The van der Waals surface area contributed by atoms with Crippen LogP contribution in [0.4, 0.5) is 0 Å². The summed E-state index contributed by atoms with van der Waals surface area (Å²) in [5, 5.41) is 24.7. The van der Waals surface area contributed by atoms with Gasteiger partial charge in [0.25, 0.3) is 0 Å². The molecule has 0 aliphatic carbocycles. The van der Waals surface area contributed by atoms with Crippen LogP contribution in [0.15, 0.2) is 29.8 Å². The number of aryl methyl sites for hydroxylation is 1. The van der Waals surface area contributed by atoms with Crippen molar-refractivity contribution in [1.29, 1.82) is 0 Å². The minimum Gasteiger partial charge on any atom is -0.481 e. The monoisotopic (exact) mass is 588 g/mol. The van der Waals surface area contributed by atoms with Gasteiger partial charge in [0.1, 0.15) is 6.04 Å². The van der Waals surface area contributed by atoms with Crippen molar-refractivity contribution in [1.82, 2.24) is 20.5 Å². The Labute approximate surface area is 244 Å². The van der Waals surface area contributed by atoms with E-state index in [1.807, 2.05) is 36.7 Å². The predicted octanol–water partition coefficient (Wildman–Crippen LogP) is 2.15. The Kier molecular flexibility index (Phi) is 11.4. The molecule has 4 N–H and O–H groups in total. The van der Waals surface area contributed by atoms with Crippen LogP contribution in [0.1, 0.15) is 51.3 Å². The third-order valence-electron chi connectivity index (χ3n) is 7.46. The molecule has 0 radical (unpaired) electrons. The van der Waals surface area contributed by atoms with Gasteiger partial charge in [-0.05, 0) is 45.2 Å². The first-order valence-corrected chi connectivity index (χ1v) is 14.6. The van der Waals surface area contributed by atoms with Crippen LogP contribution in [-0.4, -0.2) is 88.3 Å². The topological polar surface area (TPSA) is 158 Å². The summed E-state index contributed by atoms with van der Waals surface area (Å²) in [6.45, 7) is 7.59. The van der Waals surface area contributed by atoms with Gasteiger partial charge in [0.15, 0.2) is 0 Å². The number of carboxylic acids is 1. The third-order valence-corrected chi connectivity index (χ3v) is 8.44. The molecule has 224 valence electrons. The molecule has 0 bridgehead atoms. The van der Waals surface area contributed by atoms with E-state index in [1.54, 1.807) is 32.1 Å². The van der Waals surface area contributed by atoms with E-state index in [4.69, 9.17) is 9.84 Å². The number of nitrogens with one attached hydrogen (secondary N) is 2. The number of nitrogens with zero attached hydrogens (tertiary/aromatic N) is 2. The number of ether oxygens (including phenoxy) is 1. The first-order chi connectivity index (χ1) is 19.4. The van der Waals surface area contributed by atoms with Gasteiger partial charge in [-0.25, -0.2) is 4.98 Å². The van der Waals surface area contributed by atoms with Gasteiger partial charge in [-0.2, -0.15) is 0 Å². The second kappa shape index (κ2) is 14.5. The lowest BCUT2D eigenvalue weighted by atomic mass is 9.83. The molecule has 0 spiro atoms. The van der Waals surface area contributed by atoms with Crippen molar-refractivity contribution in [3.8, 4) is 10.4 Å². The lowest BCUT2D eigenvalue weighted by Crippen LogP contribution is -2.56. The molecule has 1 saturated heterocycles. The highest BCUT2D eigenvalue weighted by Gasteiger charge is 2.46. The standard InChI is InChI=1S/C29H40N4O7S/c1-18-26(41-17-31-18)21-7-5-20(6-8-21)9-12-30-27(38)23-15-22(34)16-33(23)28(39)29(3,4)19(2)32-24(35)10-13-40-14-11-25(36)37/h5-8,17,19,22-23,34H,9-16H2,1-4H3,(H,30,38)(H,32,35)(H,36,37)/t19-,22+,23-/m0/s1. The number of aliphatic carboxylic acids is 1. The Bertz CT molecular complexity index is 1210. The van der Waals surface area contributed by atoms with E-state index < -0.39 is 29.6 Å². The van der Waals surface area contributed by atoms with Gasteiger partial charge in [0, 0.05) is 32.0 Å². The molecule has 41 heavy (non-hydrogen) atoms. The summed E-state index contributed by atoms with van der Waals surface area (Å²) in [7, 11) is 0. The number of likely N-dealkylation sites (tertiary alicyclic amines) is 1. The number of hydrogen-bond donors (Lipinski definition) is 4. The number of β-amino-alcohol motifs (C(OH)–C–C–N with tert-alkyl or cyclic N) is 1. The summed E-state index contributed by atoms with van der Waals surface area (Å²) in [6, 6.07) is 6.75. The molecule has 1 fully saturated rings. The van der Waals surface area contributed by atoms with Crippen LogP contribution >= 0.6 is 11.3 Å². The Morgan fingerprint density at radius 3 is 2.49 bits per heavy atom. The molecule has 2 aromatic rings. The van der Waals surface area contributed by atoms with Crippen LogP contribution in [-0.2, 0) is 30.3 Å². The van der Waals surface area contributed by atoms with E-state index in [0.717, 1.165) is 21.7 Å². The van der Waals surface area contributed by atoms with E-state index in [9.17, 15) is 24.3 Å². The summed E-state index contributed by atoms with van der Waals surface area (Å²) < 4.78 is 5.16. The minimum absolute atomic E-state index is 0.0163. The lowest BCUT2D eigenvalue weighted by molar-refractivity contribution is -0.147. The summed E-state index contributed by atoms with van der Waals surface area (Å²) in [6.07, 6.45) is -0.177. The van der Waals surface area contributed by atoms with Crippen LogP contribution in [0.25, 0.3) is 10.4 Å². The zero-order chi connectivity index (χ0) is 30.2. The zero-order valence-corrected chi connectivity index (χ0v) is 24.8. The van der Waals surface area contributed by atoms with E-state index in [2.05, 4.69) is 15.6 Å². The average molecular weight is 589 g/mol. The molecule has 1 aliphatic rings. The maximum Gasteiger partial charge on any atom is 0.305 e. The fourth-order valence-electron chi connectivity index (χ4n) is 4.61. The van der Waals surface area contributed by atoms with Crippen molar-refractivity contribution in [2.45, 2.75) is 71.6 Å². The normalized spacial score (nSPS) is 17.7. The predicted molar refractivity (Wildman–Crippen MR) is 154 cm³/mol. The second-order valence-corrected chi connectivity index (χ2v) is 11.7. The molecule has 0 unspecified atom stereocenters. The highest BCUT2D eigenvalue weighted by molar-refractivity contribution is 7.13. The number of amides is 3. The quantitative estimate of drug-likeness (QED) is 0.245. The number of carbonyl (C=O) groups is 4. The van der Waals surface area contributed by atoms with Crippen LogP contribution in [0, 0.1) is 12.3 Å². The van der Waals surface area contributed by atoms with Crippen molar-refractivity contribution in [3.63, 3.8) is 0 Å². The molecule has 2 heterocycles. The van der Waals surface area contributed by atoms with Crippen molar-refractivity contribution in [2.75, 3.05) is 26.3 Å². The van der Waals surface area contributed by atoms with E-state index in [0.29, 0.717) is 13.0 Å². The SMILES string of the molecule is Cc1ncsc1-c1ccc(CCNC(=O)[C@@H]2C[C@@H](O)CN2C(=O)C(C)(C)[C@H](C)NC(=O)CCOCCC(=O)O)cc1. The molecule has 1 aromatic heterocycles. The number of carbonyl (C=O) groups excluding carboxylic acids is 3. The summed E-state index contributed by atoms with van der Waals surface area (Å²) >= 11 is 1.60. The third kappa shape index (κ3) is 8.82. The number of hydrogen-bond acceptors (Lipinski definition) is 8. The molecule has 3 atom stereocenters. The summed E-state index contributed by atoms with van der Waals surface area (Å²) in [4.78, 5) is 56.4. The average Bonchev–Trinajstić information content (AvgIpc) is 3.53. The minimum atomic E-state index is -1.05. The van der Waals surface area contributed by atoms with Crippen molar-refractivity contribution in [3.05, 3.63) is 41.0 Å². The van der Waals surface area contributed by atoms with Crippen molar-refractivity contribution in [2.24, 2.45) is 5.41 Å². The maximum atomic E-state index is 13.6. The second-order valence-electron chi connectivity index (χ2n) is 10.9. The molecule has 11 nitrogen and oxygen atoms in total. The van der Waals surface area contributed by atoms with E-state index in [1.165, 1.54) is 4.90 Å². The number of thiazole rings is 1. The van der Waals surface area contributed by atoms with Gasteiger partial charge in [-0.15, -0.1) is 11.3 Å². The molecule has 1 aliphatic heterocycles. The van der Waals surface area contributed by atoms with Gasteiger partial charge < -0.3 is 30.5 Å². The van der Waals surface area contributed by atoms with Gasteiger partial charge in [0.2, 0.25) is 17.7 Å². The smallest absolute Gasteiger partial charge is 0.305 e. The number of aliphatic hydroxyl groups excluding tert-OH is 1. The molecule has 3 amide bonds. The van der Waals surface area contributed by atoms with Gasteiger partial charge >= 0.3 is 5.97 Å². The molecule has 1 aromatic carbocycles. The first-order valence-electron chi connectivity index (χ1n) is 13.7. The Balaban J connectivity index is 1.50. The number of benzene rings is 1. The van der Waals surface area contributed by atoms with Gasteiger partial charge in [-0.3, -0.25) is 19.2 Å². The van der Waals surface area contributed by atoms with Crippen molar-refractivity contribution < 1.29 is 34.1 Å². The fraction of sp³-hybridized carbons (Fsp3) is 0.552. The Hall–Kier alpha value is -3.35. The van der Waals surface area contributed by atoms with Crippen LogP contribution < -0.4 is 10.6 Å². The fourth-order valence-corrected chi connectivity index (χ4v) is 5.42. The zero-order valence-electron chi connectivity index (χ0n) is 24.0. The van der Waals surface area contributed by atoms with Gasteiger partial charge in [-0.1, -0.05) is 24.3 Å². The van der Waals surface area contributed by atoms with Crippen molar-refractivity contribution >= 4 is 35.0 Å². The number of aliphatic hydroxyl groups is 1. The first kappa shape index (κ1) is 32.2. The van der Waals surface area contributed by atoms with Crippen LogP contribution in [0.3, 0.4) is 0 Å². The summed E-state index contributed by atoms with van der Waals surface area (Å²) in [5.41, 5.74) is 3.93. The maximum absolute atomic E-state index is 13.6. The highest BCUT2D eigenvalue weighted by Crippen LogP contribution is 2.30. The molecule has 3 rings (SSSR count). The summed E-state index contributed by atoms with van der Waals surface area (Å²) in [5.74, 6) is -1.97. The number of rotatable bonds is 14. The molecule has 12 heteroatoms. The number of carboxylic acid groups (broad SMARTS) is 1. The van der Waals surface area contributed by atoms with Gasteiger partial charge in [0.05, 0.1) is 47.2 Å². The van der Waals surface area contributed by atoms with Crippen LogP contribution in [0.2, 0.25) is 0 Å². The Morgan fingerprint density at radius 2 is 1.85 bits per heavy atom. The molecule has 0 saturated carbocycles.